The molecule has 0 unspecified atom stereocenters. The molecule has 0 spiro atoms. The Hall–Kier alpha value is -0.510. The highest BCUT2D eigenvalue weighted by atomic mass is 127. The van der Waals surface area contributed by atoms with Crippen LogP contribution in [0, 0.1) is 3.57 Å². The average Bonchev–Trinajstić information content (AvgIpc) is 2.11. The largest absolute Gasteiger partial charge is 0.490 e. The van der Waals surface area contributed by atoms with E-state index in [0.29, 0.717) is 6.04 Å². The molecule has 0 aliphatic carbocycles. The normalized spacial score (nSPS) is 11.2. The van der Waals surface area contributed by atoms with Crippen LogP contribution in [0.1, 0.15) is 20.8 Å². The molecule has 2 heteroatoms. The van der Waals surface area contributed by atoms with Gasteiger partial charge in [0.1, 0.15) is 5.75 Å². The maximum absolute atomic E-state index is 7.82. The third-order valence-electron chi connectivity index (χ3n) is 1.47. The van der Waals surface area contributed by atoms with Gasteiger partial charge in [-0.05, 0) is 54.6 Å². The maximum atomic E-state index is 7.82. The summed E-state index contributed by atoms with van der Waals surface area (Å²) >= 11 is 2.13. The van der Waals surface area contributed by atoms with Crippen LogP contribution in [0.4, 0.5) is 0 Å². The number of hydrogen-bond acceptors (Lipinski definition) is 1. The maximum Gasteiger partial charge on any atom is 0.126 e. The first-order valence-corrected chi connectivity index (χ1v) is 5.22. The summed E-state index contributed by atoms with van der Waals surface area (Å²) in [6.07, 6.45) is 1.79. The molecule has 0 atom stereocenters. The van der Waals surface area contributed by atoms with Gasteiger partial charge in [-0.15, -0.1) is 0 Å². The Morgan fingerprint density at radius 1 is 1.62 bits per heavy atom. The second-order valence-electron chi connectivity index (χ2n) is 2.95. The summed E-state index contributed by atoms with van der Waals surface area (Å²) in [4.78, 5) is 0. The fraction of sp³-hybridized carbons (Fsp3) is 0.273. The summed E-state index contributed by atoms with van der Waals surface area (Å²) < 4.78 is 14.3. The third kappa shape index (κ3) is 3.03. The van der Waals surface area contributed by atoms with Crippen molar-refractivity contribution in [3.8, 4) is 5.75 Å². The topological polar surface area (TPSA) is 9.23 Å². The molecule has 0 saturated carbocycles. The van der Waals surface area contributed by atoms with E-state index in [0.717, 1.165) is 14.9 Å². The van der Waals surface area contributed by atoms with Gasteiger partial charge in [0, 0.05) is 9.13 Å². The molecule has 0 bridgehead atoms. The Kier molecular flexibility index (Phi) is 3.24. The highest BCUT2D eigenvalue weighted by molar-refractivity contribution is 14.1. The lowest BCUT2D eigenvalue weighted by molar-refractivity contribution is 0.242. The second-order valence-corrected chi connectivity index (χ2v) is 4.12. The van der Waals surface area contributed by atoms with Gasteiger partial charge in [0.05, 0.1) is 7.47 Å². The Balaban J connectivity index is 3.17. The lowest BCUT2D eigenvalue weighted by Crippen LogP contribution is -2.06. The summed E-state index contributed by atoms with van der Waals surface area (Å²) in [5.41, 5.74) is 0.769. The zero-order valence-corrected chi connectivity index (χ0v) is 9.96. The quantitative estimate of drug-likeness (QED) is 0.771. The molecule has 0 amide bonds. The van der Waals surface area contributed by atoms with E-state index in [1.807, 2.05) is 26.0 Å². The van der Waals surface area contributed by atoms with Crippen LogP contribution in [0.2, 0.25) is 0 Å². The molecule has 0 N–H and O–H groups in total. The molecular formula is C11H13IO. The predicted molar refractivity (Wildman–Crippen MR) is 65.0 cm³/mol. The molecule has 1 nitrogen and oxygen atoms in total. The van der Waals surface area contributed by atoms with Crippen molar-refractivity contribution in [3.63, 3.8) is 0 Å². The van der Waals surface area contributed by atoms with E-state index in [1.165, 1.54) is 0 Å². The monoisotopic (exact) mass is 289 g/mol. The van der Waals surface area contributed by atoms with Crippen LogP contribution in [0.15, 0.2) is 24.8 Å². The number of benzene rings is 1. The summed E-state index contributed by atoms with van der Waals surface area (Å²) in [7, 11) is 0. The van der Waals surface area contributed by atoms with Gasteiger partial charge in [0.2, 0.25) is 0 Å². The van der Waals surface area contributed by atoms with Crippen LogP contribution in [-0.2, 0) is 0 Å². The van der Waals surface area contributed by atoms with Crippen molar-refractivity contribution in [2.45, 2.75) is 20.0 Å². The van der Waals surface area contributed by atoms with E-state index in [2.05, 4.69) is 29.2 Å². The Labute approximate surface area is 94.3 Å². The molecule has 0 aromatic heterocycles. The van der Waals surface area contributed by atoms with Crippen molar-refractivity contribution in [2.75, 3.05) is 0 Å². The first kappa shape index (κ1) is 9.06. The summed E-state index contributed by atoms with van der Waals surface area (Å²) in [6, 6.07) is 4.25. The standard InChI is InChI=1S/C11H13IO/c1-4-9-7-10(12)5-6-11(9)13-8(2)3/h4-8H,1H2,2-3H3/i7D. The number of halogens is 1. The van der Waals surface area contributed by atoms with Gasteiger partial charge < -0.3 is 4.74 Å². The molecule has 1 aromatic rings. The van der Waals surface area contributed by atoms with E-state index < -0.39 is 0 Å². The SMILES string of the molecule is [2H]c1c(I)ccc(OC(C)C)c1C=C. The van der Waals surface area contributed by atoms with E-state index in [-0.39, 0.29) is 6.10 Å². The molecule has 0 fully saturated rings. The lowest BCUT2D eigenvalue weighted by Gasteiger charge is -2.12. The number of rotatable bonds is 3. The lowest BCUT2D eigenvalue weighted by atomic mass is 10.2. The van der Waals surface area contributed by atoms with Crippen LogP contribution >= 0.6 is 22.6 Å². The minimum Gasteiger partial charge on any atom is -0.490 e. The highest BCUT2D eigenvalue weighted by Gasteiger charge is 2.02. The van der Waals surface area contributed by atoms with Crippen LogP contribution in [0.5, 0.6) is 5.75 Å². The van der Waals surface area contributed by atoms with E-state index in [9.17, 15) is 0 Å². The molecule has 0 aliphatic heterocycles. The summed E-state index contributed by atoms with van der Waals surface area (Å²) in [5.74, 6) is 0.736. The van der Waals surface area contributed by atoms with Crippen molar-refractivity contribution in [1.29, 1.82) is 0 Å². The predicted octanol–water partition coefficient (Wildman–Crippen LogP) is 3.72. The van der Waals surface area contributed by atoms with Crippen molar-refractivity contribution in [1.82, 2.24) is 0 Å². The smallest absolute Gasteiger partial charge is 0.126 e. The van der Waals surface area contributed by atoms with Crippen molar-refractivity contribution in [2.24, 2.45) is 0 Å². The molecule has 0 heterocycles. The van der Waals surface area contributed by atoms with Gasteiger partial charge >= 0.3 is 0 Å². The fourth-order valence-electron chi connectivity index (χ4n) is 0.979. The number of ether oxygens (including phenoxy) is 1. The Morgan fingerprint density at radius 2 is 2.31 bits per heavy atom. The van der Waals surface area contributed by atoms with Crippen LogP contribution in [0.25, 0.3) is 6.08 Å². The molecule has 0 saturated heterocycles. The molecule has 0 radical (unpaired) electrons. The number of hydrogen-bond donors (Lipinski definition) is 0. The van der Waals surface area contributed by atoms with Crippen LogP contribution < -0.4 is 4.74 Å². The Bertz CT molecular complexity index is 347. The van der Waals surface area contributed by atoms with Gasteiger partial charge in [0.15, 0.2) is 0 Å². The van der Waals surface area contributed by atoms with Crippen molar-refractivity contribution < 1.29 is 6.11 Å². The molecule has 0 aliphatic rings. The first-order chi connectivity index (χ1) is 6.56. The van der Waals surface area contributed by atoms with Gasteiger partial charge in [-0.3, -0.25) is 0 Å². The average molecular weight is 289 g/mol. The zero-order valence-electron chi connectivity index (χ0n) is 8.80. The third-order valence-corrected chi connectivity index (χ3v) is 2.10. The van der Waals surface area contributed by atoms with E-state index in [4.69, 9.17) is 6.11 Å². The zero-order chi connectivity index (χ0) is 10.7. The van der Waals surface area contributed by atoms with Crippen LogP contribution in [0.3, 0.4) is 0 Å². The Morgan fingerprint density at radius 3 is 2.85 bits per heavy atom. The first-order valence-electron chi connectivity index (χ1n) is 4.64. The van der Waals surface area contributed by atoms with Gasteiger partial charge in [-0.2, -0.15) is 0 Å². The fourth-order valence-corrected chi connectivity index (χ4v) is 1.45. The molecule has 13 heavy (non-hydrogen) atoms. The van der Waals surface area contributed by atoms with Crippen LogP contribution in [-0.4, -0.2) is 6.10 Å². The second kappa shape index (κ2) is 4.65. The highest BCUT2D eigenvalue weighted by Crippen LogP contribution is 2.23. The molecule has 1 aromatic carbocycles. The van der Waals surface area contributed by atoms with Gasteiger partial charge in [-0.1, -0.05) is 12.7 Å². The molecular weight excluding hydrogens is 275 g/mol. The van der Waals surface area contributed by atoms with Gasteiger partial charge in [0.25, 0.3) is 0 Å². The minimum absolute atomic E-state index is 0.119. The summed E-state index contributed by atoms with van der Waals surface area (Å²) in [5, 5.41) is 0. The summed E-state index contributed by atoms with van der Waals surface area (Å²) in [6.45, 7) is 7.63. The van der Waals surface area contributed by atoms with E-state index >= 15 is 0 Å². The van der Waals surface area contributed by atoms with Crippen molar-refractivity contribution in [3.05, 3.63) is 33.9 Å². The van der Waals surface area contributed by atoms with Crippen molar-refractivity contribution >= 4 is 28.7 Å². The molecule has 70 valence electrons. The van der Waals surface area contributed by atoms with Gasteiger partial charge in [-0.25, -0.2) is 0 Å². The minimum atomic E-state index is 0.119. The molecule has 1 rings (SSSR count). The van der Waals surface area contributed by atoms with E-state index in [1.54, 1.807) is 6.08 Å².